The van der Waals surface area contributed by atoms with E-state index in [1.165, 1.54) is 22.1 Å². The molecule has 3 nitrogen and oxygen atoms in total. The zero-order chi connectivity index (χ0) is 32.1. The van der Waals surface area contributed by atoms with Crippen molar-refractivity contribution in [1.82, 2.24) is 9.97 Å². The van der Waals surface area contributed by atoms with E-state index in [4.69, 9.17) is 12.6 Å². The zero-order valence-corrected chi connectivity index (χ0v) is 25.3. The molecule has 0 saturated carbocycles. The Bertz CT molecular complexity index is 2170. The number of fused-ring (bicyclic) bond motifs is 5. The molecule has 0 saturated heterocycles. The maximum absolute atomic E-state index is 7.84. The second-order valence-electron chi connectivity index (χ2n) is 9.41. The molecule has 0 N–H and O–H groups in total. The number of hydrogen-bond acceptors (Lipinski definition) is 4. The van der Waals surface area contributed by atoms with Gasteiger partial charge in [0.25, 0.3) is 0 Å². The summed E-state index contributed by atoms with van der Waals surface area (Å²) >= 11 is 1.72. The number of aryl methyl sites for hydroxylation is 5. The van der Waals surface area contributed by atoms with Crippen LogP contribution in [0.4, 0.5) is 0 Å². The minimum absolute atomic E-state index is 0. The normalized spacial score (nSPS) is 13.8. The molecule has 3 aromatic carbocycles. The molecule has 0 fully saturated rings. The van der Waals surface area contributed by atoms with E-state index in [1.807, 2.05) is 55.6 Å². The largest absolute Gasteiger partial charge is 0.500 e. The van der Waals surface area contributed by atoms with Gasteiger partial charge in [-0.1, -0.05) is 40.8 Å². The van der Waals surface area contributed by atoms with Crippen LogP contribution in [0.15, 0.2) is 83.5 Å². The van der Waals surface area contributed by atoms with E-state index >= 15 is 0 Å². The Balaban J connectivity index is 0.000000250. The average Bonchev–Trinajstić information content (AvgIpc) is 3.53. The number of benzene rings is 3. The van der Waals surface area contributed by atoms with Crippen molar-refractivity contribution in [3.05, 3.63) is 118 Å². The topological polar surface area (TPSA) is 38.9 Å². The minimum Gasteiger partial charge on any atom is -0.500 e. The second kappa shape index (κ2) is 11.5. The molecule has 4 heterocycles. The minimum atomic E-state index is -2.60. The molecule has 0 aliphatic heterocycles. The van der Waals surface area contributed by atoms with Gasteiger partial charge in [0.05, 0.1) is 5.58 Å². The smallest absolute Gasteiger partial charge is 0.129 e. The Morgan fingerprint density at radius 3 is 2.38 bits per heavy atom. The van der Waals surface area contributed by atoms with Crippen LogP contribution in [0.25, 0.3) is 54.5 Å². The number of thiophene rings is 1. The summed E-state index contributed by atoms with van der Waals surface area (Å²) in [6.45, 7) is 1.02. The Morgan fingerprint density at radius 2 is 1.62 bits per heavy atom. The molecule has 201 valence electrons. The summed E-state index contributed by atoms with van der Waals surface area (Å²) in [7, 11) is 0. The van der Waals surface area contributed by atoms with Gasteiger partial charge in [0.15, 0.2) is 0 Å². The Labute approximate surface area is 260 Å². The predicted octanol–water partition coefficient (Wildman–Crippen LogP) is 9.75. The van der Waals surface area contributed by atoms with Crippen LogP contribution in [0.2, 0.25) is 0 Å². The van der Waals surface area contributed by atoms with Gasteiger partial charge in [0, 0.05) is 61.1 Å². The third-order valence-electron chi connectivity index (χ3n) is 6.79. The molecule has 40 heavy (non-hydrogen) atoms. The van der Waals surface area contributed by atoms with Crippen LogP contribution in [0.3, 0.4) is 0 Å². The Hall–Kier alpha value is -3.63. The SMILES string of the molecule is Cc1ccc(-c2[c-]cccc2)nc1.[2H]C([2H])([2H])c1cnc(-c2[c-]ccc3c2oc2c3ccc3sc(C)c(C)c32)cc1C([2H])([2H])[2H].[Ir]. The van der Waals surface area contributed by atoms with E-state index in [2.05, 4.69) is 48.1 Å². The molecule has 1 radical (unpaired) electrons. The molecule has 0 unspecified atom stereocenters. The number of rotatable bonds is 2. The van der Waals surface area contributed by atoms with Crippen molar-refractivity contribution in [3.8, 4) is 22.5 Å². The van der Waals surface area contributed by atoms with Crippen LogP contribution < -0.4 is 0 Å². The predicted molar refractivity (Wildman–Crippen MR) is 163 cm³/mol. The van der Waals surface area contributed by atoms with E-state index in [0.717, 1.165) is 43.9 Å². The first-order chi connectivity index (χ1) is 21.3. The van der Waals surface area contributed by atoms with Crippen LogP contribution in [0.1, 0.15) is 35.4 Å². The first kappa shape index (κ1) is 21.2. The Kier molecular flexibility index (Phi) is 6.06. The van der Waals surface area contributed by atoms with Gasteiger partial charge < -0.3 is 14.4 Å². The molecule has 5 heteroatoms. The average molecular weight is 723 g/mol. The summed E-state index contributed by atoms with van der Waals surface area (Å²) < 4.78 is 54.1. The van der Waals surface area contributed by atoms with Gasteiger partial charge in [0.1, 0.15) is 5.58 Å². The van der Waals surface area contributed by atoms with Gasteiger partial charge in [-0.25, -0.2) is 0 Å². The maximum Gasteiger partial charge on any atom is 0.129 e. The summed E-state index contributed by atoms with van der Waals surface area (Å²) in [5, 5.41) is 2.90. The first-order valence-electron chi connectivity index (χ1n) is 15.5. The molecule has 0 atom stereocenters. The molecule has 4 aromatic heterocycles. The summed E-state index contributed by atoms with van der Waals surface area (Å²) in [6.07, 6.45) is 3.00. The number of aromatic nitrogens is 2. The fraction of sp³-hybridized carbons (Fsp3) is 0.143. The van der Waals surface area contributed by atoms with E-state index < -0.39 is 13.7 Å². The summed E-state index contributed by atoms with van der Waals surface area (Å²) in [5.74, 6) is 0. The maximum atomic E-state index is 7.84. The van der Waals surface area contributed by atoms with Crippen molar-refractivity contribution in [2.24, 2.45) is 0 Å². The molecule has 0 aliphatic carbocycles. The molecule has 0 amide bonds. The summed E-state index contributed by atoms with van der Waals surface area (Å²) in [6, 6.07) is 27.3. The van der Waals surface area contributed by atoms with E-state index in [1.54, 1.807) is 17.4 Å². The van der Waals surface area contributed by atoms with E-state index in [-0.39, 0.29) is 31.2 Å². The monoisotopic (exact) mass is 723 g/mol. The Morgan fingerprint density at radius 1 is 0.800 bits per heavy atom. The molecular weight excluding hydrogens is 689 g/mol. The van der Waals surface area contributed by atoms with E-state index in [9.17, 15) is 0 Å². The summed E-state index contributed by atoms with van der Waals surface area (Å²) in [5.41, 5.74) is 5.99. The molecule has 0 spiro atoms. The zero-order valence-electron chi connectivity index (χ0n) is 28.0. The quantitative estimate of drug-likeness (QED) is 0.167. The number of nitrogens with zero attached hydrogens (tertiary/aromatic N) is 2. The molecule has 7 rings (SSSR count). The van der Waals surface area contributed by atoms with Crippen molar-refractivity contribution in [2.75, 3.05) is 0 Å². The van der Waals surface area contributed by atoms with Crippen molar-refractivity contribution < 1.29 is 32.7 Å². The third kappa shape index (κ3) is 5.13. The third-order valence-corrected chi connectivity index (χ3v) is 7.96. The van der Waals surface area contributed by atoms with Crippen LogP contribution >= 0.6 is 11.3 Å². The molecule has 7 aromatic rings. The van der Waals surface area contributed by atoms with Crippen LogP contribution in [-0.4, -0.2) is 9.97 Å². The van der Waals surface area contributed by atoms with Gasteiger partial charge in [-0.3, -0.25) is 0 Å². The van der Waals surface area contributed by atoms with Crippen LogP contribution in [-0.2, 0) is 20.1 Å². The standard InChI is InChI=1S/C23H18NOS.C12H10N.Ir/c1-12-10-19(24-11-13(12)2)18-7-5-6-16-17-8-9-20-21(14(3)15(4)26-20)23(17)25-22(16)18;1-10-7-8-12(13-9-10)11-5-3-2-4-6-11;/h5-6,8-11H,1-4H3;2-5,7-9H,1H3;/q2*-1;/i1D3,2D3;;. The van der Waals surface area contributed by atoms with Gasteiger partial charge in [0.2, 0.25) is 0 Å². The number of hydrogen-bond donors (Lipinski definition) is 0. The van der Waals surface area contributed by atoms with Gasteiger partial charge in [-0.15, -0.1) is 65.4 Å². The van der Waals surface area contributed by atoms with Crippen molar-refractivity contribution in [2.45, 2.75) is 34.5 Å². The number of pyridine rings is 2. The van der Waals surface area contributed by atoms with Crippen molar-refractivity contribution >= 4 is 43.4 Å². The van der Waals surface area contributed by atoms with Crippen LogP contribution in [0.5, 0.6) is 0 Å². The van der Waals surface area contributed by atoms with E-state index in [0.29, 0.717) is 16.8 Å². The van der Waals surface area contributed by atoms with Crippen molar-refractivity contribution in [1.29, 1.82) is 0 Å². The van der Waals surface area contributed by atoms with Gasteiger partial charge in [-0.2, -0.15) is 0 Å². The van der Waals surface area contributed by atoms with Gasteiger partial charge >= 0.3 is 0 Å². The molecule has 0 aliphatic rings. The fourth-order valence-corrected chi connectivity index (χ4v) is 5.68. The molecular formula is C35H28IrN2OS-2. The number of furan rings is 1. The second-order valence-corrected chi connectivity index (χ2v) is 10.7. The van der Waals surface area contributed by atoms with Crippen LogP contribution in [0, 0.1) is 46.6 Å². The first-order valence-corrected chi connectivity index (χ1v) is 13.3. The summed E-state index contributed by atoms with van der Waals surface area (Å²) in [4.78, 5) is 9.84. The fourth-order valence-electron chi connectivity index (χ4n) is 4.61. The molecule has 0 bridgehead atoms. The van der Waals surface area contributed by atoms with Gasteiger partial charge in [-0.05, 0) is 68.6 Å². The van der Waals surface area contributed by atoms with Crippen molar-refractivity contribution in [3.63, 3.8) is 0 Å².